The Balaban J connectivity index is 4.20. The molecule has 0 amide bonds. The van der Waals surface area contributed by atoms with Crippen LogP contribution in [0.4, 0.5) is 0 Å². The van der Waals surface area contributed by atoms with Crippen molar-refractivity contribution in [1.82, 2.24) is 0 Å². The monoisotopic (exact) mass is 791 g/mol. The third-order valence-electron chi connectivity index (χ3n) is 11.0. The Morgan fingerprint density at radius 3 is 0.893 bits per heavy atom. The molecule has 1 unspecified atom stereocenters. The van der Waals surface area contributed by atoms with Crippen molar-refractivity contribution in [3.8, 4) is 0 Å². The van der Waals surface area contributed by atoms with Gasteiger partial charge in [-0.3, -0.25) is 14.4 Å². The molecule has 0 aliphatic carbocycles. The van der Waals surface area contributed by atoms with Crippen molar-refractivity contribution < 1.29 is 28.6 Å². The van der Waals surface area contributed by atoms with Crippen LogP contribution in [0.15, 0.2) is 12.2 Å². The number of esters is 3. The Kier molecular flexibility index (Phi) is 44.3. The summed E-state index contributed by atoms with van der Waals surface area (Å²) in [4.78, 5) is 37.6. The molecule has 0 saturated carbocycles. The minimum Gasteiger partial charge on any atom is -0.462 e. The topological polar surface area (TPSA) is 78.9 Å². The largest absolute Gasteiger partial charge is 0.462 e. The van der Waals surface area contributed by atoms with Gasteiger partial charge in [0.1, 0.15) is 13.2 Å². The maximum absolute atomic E-state index is 12.7. The van der Waals surface area contributed by atoms with Crippen molar-refractivity contribution in [2.75, 3.05) is 13.2 Å². The molecule has 0 aliphatic rings. The van der Waals surface area contributed by atoms with Crippen LogP contribution in [-0.2, 0) is 28.6 Å². The Morgan fingerprint density at radius 1 is 0.339 bits per heavy atom. The molecule has 56 heavy (non-hydrogen) atoms. The maximum atomic E-state index is 12.7. The van der Waals surface area contributed by atoms with E-state index in [0.717, 1.165) is 64.2 Å². The van der Waals surface area contributed by atoms with Gasteiger partial charge in [-0.05, 0) is 44.9 Å². The van der Waals surface area contributed by atoms with E-state index in [9.17, 15) is 14.4 Å². The van der Waals surface area contributed by atoms with Crippen LogP contribution in [0.25, 0.3) is 0 Å². The van der Waals surface area contributed by atoms with Crippen molar-refractivity contribution in [3.05, 3.63) is 12.2 Å². The van der Waals surface area contributed by atoms with Gasteiger partial charge in [0.25, 0.3) is 0 Å². The molecule has 0 saturated heterocycles. The SMILES string of the molecule is CCCCCCCC/C=C\CCCCCCCC(=O)OC(COC(=O)CCCCCCCC)COC(=O)CCCCCCCCCCCCCCCCCCC. The number of allylic oxidation sites excluding steroid dienone is 2. The van der Waals surface area contributed by atoms with Gasteiger partial charge in [0, 0.05) is 19.3 Å². The third-order valence-corrected chi connectivity index (χ3v) is 11.0. The highest BCUT2D eigenvalue weighted by atomic mass is 16.6. The number of hydrogen-bond acceptors (Lipinski definition) is 6. The van der Waals surface area contributed by atoms with E-state index in [4.69, 9.17) is 14.2 Å². The molecule has 6 nitrogen and oxygen atoms in total. The quantitative estimate of drug-likeness (QED) is 0.0264. The first kappa shape index (κ1) is 54.2. The lowest BCUT2D eigenvalue weighted by Gasteiger charge is -2.18. The molecule has 0 N–H and O–H groups in total. The zero-order valence-corrected chi connectivity index (χ0v) is 37.7. The highest BCUT2D eigenvalue weighted by Gasteiger charge is 2.19. The summed E-state index contributed by atoms with van der Waals surface area (Å²) in [5.41, 5.74) is 0. The number of unbranched alkanes of at least 4 members (excludes halogenated alkanes) is 32. The number of rotatable bonds is 45. The summed E-state index contributed by atoms with van der Waals surface area (Å²) in [5.74, 6) is -0.875. The zero-order valence-electron chi connectivity index (χ0n) is 37.7. The van der Waals surface area contributed by atoms with E-state index in [2.05, 4.69) is 32.9 Å². The average molecular weight is 791 g/mol. The summed E-state index contributed by atoms with van der Waals surface area (Å²) < 4.78 is 16.7. The van der Waals surface area contributed by atoms with E-state index in [1.54, 1.807) is 0 Å². The molecular formula is C50H94O6. The summed E-state index contributed by atoms with van der Waals surface area (Å²) in [6.07, 6.45) is 49.3. The number of carbonyl (C=O) groups is 3. The normalized spacial score (nSPS) is 12.0. The van der Waals surface area contributed by atoms with Crippen LogP contribution >= 0.6 is 0 Å². The van der Waals surface area contributed by atoms with Gasteiger partial charge in [0.2, 0.25) is 0 Å². The summed E-state index contributed by atoms with van der Waals surface area (Å²) >= 11 is 0. The van der Waals surface area contributed by atoms with E-state index in [1.165, 1.54) is 167 Å². The van der Waals surface area contributed by atoms with Gasteiger partial charge in [-0.2, -0.15) is 0 Å². The highest BCUT2D eigenvalue weighted by Crippen LogP contribution is 2.16. The van der Waals surface area contributed by atoms with Gasteiger partial charge in [-0.15, -0.1) is 0 Å². The fraction of sp³-hybridized carbons (Fsp3) is 0.900. The first-order valence-electron chi connectivity index (χ1n) is 24.7. The van der Waals surface area contributed by atoms with Crippen molar-refractivity contribution >= 4 is 17.9 Å². The second-order valence-corrected chi connectivity index (χ2v) is 16.7. The van der Waals surface area contributed by atoms with Crippen molar-refractivity contribution in [1.29, 1.82) is 0 Å². The summed E-state index contributed by atoms with van der Waals surface area (Å²) in [6, 6.07) is 0. The minimum atomic E-state index is -0.765. The minimum absolute atomic E-state index is 0.0692. The zero-order chi connectivity index (χ0) is 40.8. The first-order valence-corrected chi connectivity index (χ1v) is 24.7. The van der Waals surface area contributed by atoms with E-state index >= 15 is 0 Å². The van der Waals surface area contributed by atoms with Gasteiger partial charge in [0.05, 0.1) is 0 Å². The summed E-state index contributed by atoms with van der Waals surface area (Å²) in [5, 5.41) is 0. The molecular weight excluding hydrogens is 697 g/mol. The molecule has 1 atom stereocenters. The first-order chi connectivity index (χ1) is 27.5. The average Bonchev–Trinajstić information content (AvgIpc) is 3.19. The van der Waals surface area contributed by atoms with Gasteiger partial charge in [-0.25, -0.2) is 0 Å². The predicted octanol–water partition coefficient (Wildman–Crippen LogP) is 15.8. The van der Waals surface area contributed by atoms with Crippen LogP contribution in [0.5, 0.6) is 0 Å². The number of ether oxygens (including phenoxy) is 3. The van der Waals surface area contributed by atoms with E-state index in [-0.39, 0.29) is 31.1 Å². The Labute approximate surface area is 348 Å². The van der Waals surface area contributed by atoms with Gasteiger partial charge in [-0.1, -0.05) is 219 Å². The molecule has 0 aliphatic heterocycles. The van der Waals surface area contributed by atoms with Gasteiger partial charge >= 0.3 is 17.9 Å². The van der Waals surface area contributed by atoms with Crippen LogP contribution in [0.2, 0.25) is 0 Å². The number of hydrogen-bond donors (Lipinski definition) is 0. The highest BCUT2D eigenvalue weighted by molar-refractivity contribution is 5.71. The van der Waals surface area contributed by atoms with E-state index in [0.29, 0.717) is 19.3 Å². The second kappa shape index (κ2) is 45.8. The van der Waals surface area contributed by atoms with E-state index < -0.39 is 6.10 Å². The molecule has 6 heteroatoms. The Hall–Kier alpha value is -1.85. The maximum Gasteiger partial charge on any atom is 0.306 e. The van der Waals surface area contributed by atoms with Gasteiger partial charge < -0.3 is 14.2 Å². The van der Waals surface area contributed by atoms with Crippen molar-refractivity contribution in [2.24, 2.45) is 0 Å². The standard InChI is InChI=1S/C50H94O6/c1-4-7-10-13-16-18-20-22-24-25-27-28-30-32-34-37-40-43-49(52)55-46-47(45-54-48(51)42-39-36-15-12-9-6-3)56-50(53)44-41-38-35-33-31-29-26-23-21-19-17-14-11-8-5-2/h23,26,47H,4-22,24-25,27-46H2,1-3H3/b26-23-. The molecule has 0 aromatic heterocycles. The lowest BCUT2D eigenvalue weighted by atomic mass is 10.0. The molecule has 0 aromatic carbocycles. The van der Waals surface area contributed by atoms with Crippen LogP contribution < -0.4 is 0 Å². The smallest absolute Gasteiger partial charge is 0.306 e. The number of carbonyl (C=O) groups excluding carboxylic acids is 3. The molecule has 330 valence electrons. The molecule has 0 heterocycles. The Morgan fingerprint density at radius 2 is 0.589 bits per heavy atom. The predicted molar refractivity (Wildman–Crippen MR) is 238 cm³/mol. The molecule has 0 bridgehead atoms. The summed E-state index contributed by atoms with van der Waals surface area (Å²) in [7, 11) is 0. The molecule has 0 fully saturated rings. The third kappa shape index (κ3) is 43.3. The van der Waals surface area contributed by atoms with Gasteiger partial charge in [0.15, 0.2) is 6.10 Å². The molecule has 0 rings (SSSR count). The van der Waals surface area contributed by atoms with Crippen LogP contribution in [0.3, 0.4) is 0 Å². The van der Waals surface area contributed by atoms with Crippen molar-refractivity contribution in [2.45, 2.75) is 277 Å². The second-order valence-electron chi connectivity index (χ2n) is 16.7. The van der Waals surface area contributed by atoms with Crippen LogP contribution in [0, 0.1) is 0 Å². The lowest BCUT2D eigenvalue weighted by Crippen LogP contribution is -2.30. The lowest BCUT2D eigenvalue weighted by molar-refractivity contribution is -0.167. The van der Waals surface area contributed by atoms with Crippen molar-refractivity contribution in [3.63, 3.8) is 0 Å². The fourth-order valence-corrected chi connectivity index (χ4v) is 7.26. The van der Waals surface area contributed by atoms with E-state index in [1.807, 2.05) is 0 Å². The molecule has 0 spiro atoms. The van der Waals surface area contributed by atoms with Crippen LogP contribution in [0.1, 0.15) is 271 Å². The van der Waals surface area contributed by atoms with Crippen LogP contribution in [-0.4, -0.2) is 37.2 Å². The molecule has 0 radical (unpaired) electrons. The summed E-state index contributed by atoms with van der Waals surface area (Å²) in [6.45, 7) is 6.59. The Bertz CT molecular complexity index is 870. The fourth-order valence-electron chi connectivity index (χ4n) is 7.26. The molecule has 0 aromatic rings.